The molecule has 0 spiro atoms. The van der Waals surface area contributed by atoms with Gasteiger partial charge < -0.3 is 15.9 Å². The molecule has 0 aromatic rings. The largest absolute Gasteiger partial charge is 0.481 e. The van der Waals surface area contributed by atoms with Gasteiger partial charge in [0.25, 0.3) is 0 Å². The zero-order valence-corrected chi connectivity index (χ0v) is 6.66. The summed E-state index contributed by atoms with van der Waals surface area (Å²) < 4.78 is 9.50. The summed E-state index contributed by atoms with van der Waals surface area (Å²) in [7, 11) is 0.500. The smallest absolute Gasteiger partial charge is 0.320 e. The molecule has 0 heterocycles. The summed E-state index contributed by atoms with van der Waals surface area (Å²) in [6.07, 6.45) is -0.224. The van der Waals surface area contributed by atoms with E-state index in [0.29, 0.717) is 7.18 Å². The Morgan fingerprint density at radius 2 is 1.83 bits per heavy atom. The molecule has 6 heteroatoms. The molecule has 0 fully saturated rings. The van der Waals surface area contributed by atoms with E-state index in [1.54, 1.807) is 0 Å². The maximum atomic E-state index is 9.99. The van der Waals surface area contributed by atoms with E-state index >= 15 is 0 Å². The number of nitrogens with two attached hydrogens (primary N) is 1. The fourth-order valence-corrected chi connectivity index (χ4v) is 0.402. The minimum Gasteiger partial charge on any atom is -0.481 e. The van der Waals surface area contributed by atoms with Crippen molar-refractivity contribution >= 4 is 11.9 Å². The molecule has 0 bridgehead atoms. The maximum absolute atomic E-state index is 9.99. The lowest BCUT2D eigenvalue weighted by molar-refractivity contribution is -0.139. The van der Waals surface area contributed by atoms with E-state index in [9.17, 15) is 14.0 Å². The van der Waals surface area contributed by atoms with Crippen LogP contribution in [0.5, 0.6) is 0 Å². The number of carboxylic acids is 2. The van der Waals surface area contributed by atoms with Crippen LogP contribution in [0.1, 0.15) is 12.8 Å². The first-order valence-corrected chi connectivity index (χ1v) is 3.12. The molecule has 1 atom stereocenters. The van der Waals surface area contributed by atoms with Crippen molar-refractivity contribution in [2.45, 2.75) is 18.9 Å². The van der Waals surface area contributed by atoms with Gasteiger partial charge in [0.15, 0.2) is 0 Å². The Morgan fingerprint density at radius 3 is 2.08 bits per heavy atom. The van der Waals surface area contributed by atoms with Crippen molar-refractivity contribution < 1.29 is 24.2 Å². The van der Waals surface area contributed by atoms with Gasteiger partial charge in [0, 0.05) is 6.42 Å². The normalized spacial score (nSPS) is 10.9. The predicted molar refractivity (Wildman–Crippen MR) is 39.5 cm³/mol. The van der Waals surface area contributed by atoms with Crippen LogP contribution in [-0.2, 0) is 9.59 Å². The Balaban J connectivity index is 0. The summed E-state index contributed by atoms with van der Waals surface area (Å²) in [4.78, 5) is 19.9. The van der Waals surface area contributed by atoms with Gasteiger partial charge >= 0.3 is 11.9 Å². The number of halogens is 1. The number of aliphatic carboxylic acids is 2. The number of rotatable bonds is 4. The number of carbonyl (C=O) groups is 2. The molecule has 4 N–H and O–H groups in total. The zero-order valence-electron chi connectivity index (χ0n) is 6.66. The van der Waals surface area contributed by atoms with Crippen LogP contribution in [0, 0.1) is 0 Å². The molecule has 0 aliphatic rings. The first-order chi connectivity index (χ1) is 5.54. The van der Waals surface area contributed by atoms with Crippen molar-refractivity contribution in [3.63, 3.8) is 0 Å². The molecule has 5 nitrogen and oxygen atoms in total. The molecule has 0 aromatic heterocycles. The van der Waals surface area contributed by atoms with Crippen LogP contribution >= 0.6 is 0 Å². The molecule has 72 valence electrons. The van der Waals surface area contributed by atoms with E-state index in [2.05, 4.69) is 0 Å². The Morgan fingerprint density at radius 1 is 1.42 bits per heavy atom. The summed E-state index contributed by atoms with van der Waals surface area (Å²) in [5.41, 5.74) is 5.00. The minimum absolute atomic E-state index is 0.0231. The predicted octanol–water partition coefficient (Wildman–Crippen LogP) is -0.151. The van der Waals surface area contributed by atoms with Crippen molar-refractivity contribution in [1.82, 2.24) is 0 Å². The highest BCUT2D eigenvalue weighted by Gasteiger charge is 2.12. The lowest BCUT2D eigenvalue weighted by Crippen LogP contribution is -2.30. The molecule has 0 aliphatic carbocycles. The summed E-state index contributed by atoms with van der Waals surface area (Å²) >= 11 is 0. The average Bonchev–Trinajstić information content (AvgIpc) is 2.03. The third kappa shape index (κ3) is 8.83. The van der Waals surface area contributed by atoms with Crippen LogP contribution < -0.4 is 5.73 Å². The SMILES string of the molecule is CF.NC(CCC(=O)O)C(=O)O. The van der Waals surface area contributed by atoms with E-state index in [-0.39, 0.29) is 12.8 Å². The molecular weight excluding hydrogens is 169 g/mol. The zero-order chi connectivity index (χ0) is 10.1. The van der Waals surface area contributed by atoms with Crippen LogP contribution in [0.3, 0.4) is 0 Å². The molecule has 1 unspecified atom stereocenters. The van der Waals surface area contributed by atoms with Gasteiger partial charge in [-0.05, 0) is 6.42 Å². The highest BCUT2D eigenvalue weighted by Crippen LogP contribution is 1.93. The van der Waals surface area contributed by atoms with E-state index < -0.39 is 18.0 Å². The molecule has 0 amide bonds. The Kier molecular flexibility index (Phi) is 8.87. The highest BCUT2D eigenvalue weighted by molar-refractivity contribution is 5.74. The third-order valence-corrected chi connectivity index (χ3v) is 0.986. The number of hydrogen-bond donors (Lipinski definition) is 3. The standard InChI is InChI=1S/C5H9NO4.CH3F/c6-3(5(9)10)1-2-4(7)8;1-2/h3H,1-2,6H2,(H,7,8)(H,9,10);1H3. The van der Waals surface area contributed by atoms with Gasteiger partial charge in [-0.3, -0.25) is 14.0 Å². The number of hydrogen-bond acceptors (Lipinski definition) is 3. The van der Waals surface area contributed by atoms with E-state index in [1.165, 1.54) is 0 Å². The van der Waals surface area contributed by atoms with Crippen molar-refractivity contribution in [2.75, 3.05) is 7.18 Å². The van der Waals surface area contributed by atoms with E-state index in [1.807, 2.05) is 0 Å². The second-order valence-corrected chi connectivity index (χ2v) is 1.88. The van der Waals surface area contributed by atoms with Gasteiger partial charge in [0.1, 0.15) is 6.04 Å². The summed E-state index contributed by atoms with van der Waals surface area (Å²) in [5, 5.41) is 16.3. The lowest BCUT2D eigenvalue weighted by Gasteiger charge is -2.01. The maximum Gasteiger partial charge on any atom is 0.320 e. The Labute approximate surface area is 69.0 Å². The van der Waals surface area contributed by atoms with Gasteiger partial charge in [0.2, 0.25) is 0 Å². The first kappa shape index (κ1) is 13.4. The van der Waals surface area contributed by atoms with Crippen molar-refractivity contribution in [1.29, 1.82) is 0 Å². The van der Waals surface area contributed by atoms with Gasteiger partial charge in [0.05, 0.1) is 7.18 Å². The number of carboxylic acid groups (broad SMARTS) is 2. The molecule has 0 aliphatic heterocycles. The van der Waals surface area contributed by atoms with Crippen molar-refractivity contribution in [3.05, 3.63) is 0 Å². The molecule has 0 rings (SSSR count). The summed E-state index contributed by atoms with van der Waals surface area (Å²) in [5.74, 6) is -2.20. The topological polar surface area (TPSA) is 101 Å². The molecule has 12 heavy (non-hydrogen) atoms. The van der Waals surface area contributed by atoms with Crippen LogP contribution in [-0.4, -0.2) is 35.4 Å². The number of alkyl halides is 1. The Bertz CT molecular complexity index is 150. The van der Waals surface area contributed by atoms with E-state index in [0.717, 1.165) is 0 Å². The van der Waals surface area contributed by atoms with Gasteiger partial charge in [-0.2, -0.15) is 0 Å². The highest BCUT2D eigenvalue weighted by atomic mass is 19.1. The van der Waals surface area contributed by atoms with Crippen LogP contribution in [0.4, 0.5) is 4.39 Å². The summed E-state index contributed by atoms with van der Waals surface area (Å²) in [6.45, 7) is 0. The van der Waals surface area contributed by atoms with Crippen LogP contribution in [0.15, 0.2) is 0 Å². The van der Waals surface area contributed by atoms with Gasteiger partial charge in [-0.1, -0.05) is 0 Å². The second-order valence-electron chi connectivity index (χ2n) is 1.88. The molecule has 0 radical (unpaired) electrons. The average molecular weight is 181 g/mol. The first-order valence-electron chi connectivity index (χ1n) is 3.12. The van der Waals surface area contributed by atoms with Crippen molar-refractivity contribution in [3.8, 4) is 0 Å². The van der Waals surface area contributed by atoms with E-state index in [4.69, 9.17) is 15.9 Å². The van der Waals surface area contributed by atoms with Crippen LogP contribution in [0.25, 0.3) is 0 Å². The fourth-order valence-electron chi connectivity index (χ4n) is 0.402. The van der Waals surface area contributed by atoms with Gasteiger partial charge in [-0.15, -0.1) is 0 Å². The lowest BCUT2D eigenvalue weighted by atomic mass is 10.2. The van der Waals surface area contributed by atoms with Crippen LogP contribution in [0.2, 0.25) is 0 Å². The monoisotopic (exact) mass is 181 g/mol. The molecular formula is C6H12FNO4. The van der Waals surface area contributed by atoms with Crippen molar-refractivity contribution in [2.24, 2.45) is 5.73 Å². The molecule has 0 saturated carbocycles. The molecule has 0 aromatic carbocycles. The minimum atomic E-state index is -1.17. The second kappa shape index (κ2) is 7.93. The molecule has 0 saturated heterocycles. The third-order valence-electron chi connectivity index (χ3n) is 0.986. The Hall–Kier alpha value is -1.17. The quantitative estimate of drug-likeness (QED) is 0.559. The van der Waals surface area contributed by atoms with Gasteiger partial charge in [-0.25, -0.2) is 0 Å². The summed E-state index contributed by atoms with van der Waals surface area (Å²) in [6, 6.07) is -1.06. The fraction of sp³-hybridized carbons (Fsp3) is 0.667.